The number of ether oxygens (including phenoxy) is 1. The van der Waals surface area contributed by atoms with E-state index >= 15 is 0 Å². The molecule has 2 heterocycles. The highest BCUT2D eigenvalue weighted by Gasteiger charge is 2.31. The number of benzene rings is 1. The molecule has 1 aromatic carbocycles. The van der Waals surface area contributed by atoms with Crippen molar-refractivity contribution in [3.63, 3.8) is 0 Å². The number of aryl methyl sites for hydroxylation is 1. The van der Waals surface area contributed by atoms with E-state index in [4.69, 9.17) is 4.74 Å². The van der Waals surface area contributed by atoms with Gasteiger partial charge in [-0.15, -0.1) is 0 Å². The zero-order chi connectivity index (χ0) is 22.8. The van der Waals surface area contributed by atoms with Crippen LogP contribution in [0.25, 0.3) is 10.9 Å². The van der Waals surface area contributed by atoms with Crippen LogP contribution in [-0.4, -0.2) is 60.8 Å². The molecule has 1 fully saturated rings. The number of rotatable bonds is 6. The number of nitrogens with one attached hydrogen (secondary N) is 1. The van der Waals surface area contributed by atoms with Crippen molar-refractivity contribution < 1.29 is 18.7 Å². The van der Waals surface area contributed by atoms with Crippen LogP contribution in [0.4, 0.5) is 4.39 Å². The van der Waals surface area contributed by atoms with Crippen molar-refractivity contribution in [3.8, 4) is 0 Å². The van der Waals surface area contributed by atoms with E-state index in [9.17, 15) is 14.0 Å². The van der Waals surface area contributed by atoms with Crippen LogP contribution in [0.3, 0.4) is 0 Å². The Bertz CT molecular complexity index is 996. The molecule has 0 bridgehead atoms. The molecule has 4 rings (SSSR count). The van der Waals surface area contributed by atoms with Gasteiger partial charge in [0.05, 0.1) is 0 Å². The molecule has 6 nitrogen and oxygen atoms in total. The summed E-state index contributed by atoms with van der Waals surface area (Å²) in [6.45, 7) is 2.73. The van der Waals surface area contributed by atoms with Gasteiger partial charge in [-0.3, -0.25) is 9.59 Å². The molecule has 174 valence electrons. The second kappa shape index (κ2) is 9.61. The summed E-state index contributed by atoms with van der Waals surface area (Å²) in [4.78, 5) is 26.8. The summed E-state index contributed by atoms with van der Waals surface area (Å²) in [6, 6.07) is 5.18. The van der Waals surface area contributed by atoms with Gasteiger partial charge in [-0.25, -0.2) is 4.39 Å². The fourth-order valence-corrected chi connectivity index (χ4v) is 5.40. The predicted molar refractivity (Wildman–Crippen MR) is 123 cm³/mol. The molecule has 1 N–H and O–H groups in total. The summed E-state index contributed by atoms with van der Waals surface area (Å²) in [5.74, 6) is 0.824. The van der Waals surface area contributed by atoms with Gasteiger partial charge in [0.2, 0.25) is 5.91 Å². The van der Waals surface area contributed by atoms with Gasteiger partial charge in [0.1, 0.15) is 12.7 Å². The SMILES string of the molecule is C[C@H](C(=O)NCCF)N(C)C(=O)c1ccc2c(c1)c1c(n2C)CCC(C2CCOCC2)C1. The summed E-state index contributed by atoms with van der Waals surface area (Å²) >= 11 is 0. The van der Waals surface area contributed by atoms with E-state index in [2.05, 4.69) is 16.9 Å². The quantitative estimate of drug-likeness (QED) is 0.746. The zero-order valence-corrected chi connectivity index (χ0v) is 19.3. The first-order valence-electron chi connectivity index (χ1n) is 11.7. The van der Waals surface area contributed by atoms with Crippen molar-refractivity contribution in [2.75, 3.05) is 33.5 Å². The van der Waals surface area contributed by atoms with Crippen molar-refractivity contribution in [2.45, 2.75) is 45.1 Å². The number of carbonyl (C=O) groups is 2. The van der Waals surface area contributed by atoms with Crippen LogP contribution >= 0.6 is 0 Å². The molecular formula is C25H34FN3O3. The predicted octanol–water partition coefficient (Wildman–Crippen LogP) is 3.26. The second-order valence-electron chi connectivity index (χ2n) is 9.24. The second-order valence-corrected chi connectivity index (χ2v) is 9.24. The van der Waals surface area contributed by atoms with Crippen molar-refractivity contribution in [2.24, 2.45) is 18.9 Å². The van der Waals surface area contributed by atoms with E-state index < -0.39 is 12.7 Å². The Kier molecular flexibility index (Phi) is 6.84. The lowest BCUT2D eigenvalue weighted by molar-refractivity contribution is -0.124. The molecular weight excluding hydrogens is 409 g/mol. The number of fused-ring (bicyclic) bond motifs is 3. The molecule has 2 aliphatic rings. The van der Waals surface area contributed by atoms with Crippen molar-refractivity contribution in [1.29, 1.82) is 0 Å². The number of aromatic nitrogens is 1. The largest absolute Gasteiger partial charge is 0.381 e. The van der Waals surface area contributed by atoms with E-state index in [1.807, 2.05) is 18.2 Å². The van der Waals surface area contributed by atoms with Gasteiger partial charge in [-0.1, -0.05) is 0 Å². The lowest BCUT2D eigenvalue weighted by atomic mass is 9.75. The molecule has 2 amide bonds. The van der Waals surface area contributed by atoms with Crippen molar-refractivity contribution >= 4 is 22.7 Å². The highest BCUT2D eigenvalue weighted by Crippen LogP contribution is 2.39. The highest BCUT2D eigenvalue weighted by molar-refractivity contribution is 6.01. The number of hydrogen-bond acceptors (Lipinski definition) is 3. The molecule has 32 heavy (non-hydrogen) atoms. The summed E-state index contributed by atoms with van der Waals surface area (Å²) < 4.78 is 20.2. The van der Waals surface area contributed by atoms with E-state index in [0.717, 1.165) is 49.8 Å². The summed E-state index contributed by atoms with van der Waals surface area (Å²) in [5, 5.41) is 3.66. The van der Waals surface area contributed by atoms with Gasteiger partial charge in [0, 0.05) is 56.0 Å². The number of nitrogens with zero attached hydrogens (tertiary/aromatic N) is 2. The molecule has 2 aromatic rings. The Balaban J connectivity index is 1.59. The van der Waals surface area contributed by atoms with Crippen LogP contribution in [0.5, 0.6) is 0 Å². The van der Waals surface area contributed by atoms with E-state index in [0.29, 0.717) is 17.4 Å². The topological polar surface area (TPSA) is 63.6 Å². The highest BCUT2D eigenvalue weighted by atomic mass is 19.1. The smallest absolute Gasteiger partial charge is 0.254 e. The Hall–Kier alpha value is -2.41. The molecule has 7 heteroatoms. The van der Waals surface area contributed by atoms with Crippen molar-refractivity contribution in [3.05, 3.63) is 35.0 Å². The number of halogens is 1. The number of hydrogen-bond donors (Lipinski definition) is 1. The first-order valence-corrected chi connectivity index (χ1v) is 11.7. The first-order chi connectivity index (χ1) is 15.4. The van der Waals surface area contributed by atoms with Crippen molar-refractivity contribution in [1.82, 2.24) is 14.8 Å². The third-order valence-electron chi connectivity index (χ3n) is 7.51. The number of likely N-dealkylation sites (N-methyl/N-ethyl adjacent to an activating group) is 1. The average molecular weight is 444 g/mol. The van der Waals surface area contributed by atoms with Gasteiger partial charge < -0.3 is 19.5 Å². The molecule has 1 saturated heterocycles. The third kappa shape index (κ3) is 4.27. The molecule has 0 radical (unpaired) electrons. The van der Waals surface area contributed by atoms with Crippen LogP contribution < -0.4 is 5.32 Å². The Morgan fingerprint density at radius 1 is 1.25 bits per heavy atom. The van der Waals surface area contributed by atoms with Crippen LogP contribution in [0, 0.1) is 11.8 Å². The Labute approximate surface area is 189 Å². The fourth-order valence-electron chi connectivity index (χ4n) is 5.40. The van der Waals surface area contributed by atoms with E-state index in [1.54, 1.807) is 14.0 Å². The molecule has 1 aromatic heterocycles. The molecule has 0 saturated carbocycles. The van der Waals surface area contributed by atoms with Crippen LogP contribution in [0.15, 0.2) is 18.2 Å². The summed E-state index contributed by atoms with van der Waals surface area (Å²) in [7, 11) is 3.73. The number of carbonyl (C=O) groups excluding carboxylic acids is 2. The summed E-state index contributed by atoms with van der Waals surface area (Å²) in [5.41, 5.74) is 4.47. The molecule has 1 unspecified atom stereocenters. The van der Waals surface area contributed by atoms with Crippen LogP contribution in [0.2, 0.25) is 0 Å². The monoisotopic (exact) mass is 443 g/mol. The fraction of sp³-hybridized carbons (Fsp3) is 0.600. The normalized spacial score (nSPS) is 20.1. The van der Waals surface area contributed by atoms with Gasteiger partial charge in [0.25, 0.3) is 5.91 Å². The maximum atomic E-state index is 13.1. The van der Waals surface area contributed by atoms with Gasteiger partial charge in [-0.05, 0) is 74.6 Å². The number of amides is 2. The molecule has 2 atom stereocenters. The maximum absolute atomic E-state index is 13.1. The van der Waals surface area contributed by atoms with Gasteiger partial charge in [0.15, 0.2) is 0 Å². The van der Waals surface area contributed by atoms with Gasteiger partial charge >= 0.3 is 0 Å². The minimum absolute atomic E-state index is 0.0401. The van der Waals surface area contributed by atoms with E-state index in [-0.39, 0.29) is 18.4 Å². The molecule has 1 aliphatic heterocycles. The molecule has 1 aliphatic carbocycles. The first kappa shape index (κ1) is 22.8. The summed E-state index contributed by atoms with van der Waals surface area (Å²) in [6.07, 6.45) is 5.61. The Morgan fingerprint density at radius 2 is 2.00 bits per heavy atom. The molecule has 0 spiro atoms. The van der Waals surface area contributed by atoms with Crippen LogP contribution in [-0.2, 0) is 29.4 Å². The maximum Gasteiger partial charge on any atom is 0.254 e. The lowest BCUT2D eigenvalue weighted by Crippen LogP contribution is -2.46. The minimum Gasteiger partial charge on any atom is -0.381 e. The van der Waals surface area contributed by atoms with Gasteiger partial charge in [-0.2, -0.15) is 0 Å². The number of alkyl halides is 1. The minimum atomic E-state index is -0.674. The van der Waals surface area contributed by atoms with Crippen LogP contribution in [0.1, 0.15) is 47.8 Å². The standard InChI is InChI=1S/C25H34FN3O3/c1-16(24(30)27-11-10-26)28(2)25(31)19-5-7-23-21(15-19)20-14-18(4-6-22(20)29(23)3)17-8-12-32-13-9-17/h5,7,15-18H,4,6,8-14H2,1-3H3,(H,27,30)/t16-,18?/m1/s1. The zero-order valence-electron chi connectivity index (χ0n) is 19.3. The third-order valence-corrected chi connectivity index (χ3v) is 7.51. The van der Waals surface area contributed by atoms with E-state index in [1.165, 1.54) is 22.6 Å². The lowest BCUT2D eigenvalue weighted by Gasteiger charge is -2.33. The Morgan fingerprint density at radius 3 is 2.72 bits per heavy atom. The average Bonchev–Trinajstić information content (AvgIpc) is 3.12.